The molecule has 1 aromatic rings. The average Bonchev–Trinajstić information content (AvgIpc) is 2.41. The van der Waals surface area contributed by atoms with E-state index >= 15 is 0 Å². The zero-order valence-electron chi connectivity index (χ0n) is 10.6. The van der Waals surface area contributed by atoms with Gasteiger partial charge in [-0.05, 0) is 37.1 Å². The highest BCUT2D eigenvalue weighted by Crippen LogP contribution is 2.21. The van der Waals surface area contributed by atoms with E-state index < -0.39 is 6.10 Å². The number of aliphatic hydroxyl groups excluding tert-OH is 1. The highest BCUT2D eigenvalue weighted by molar-refractivity contribution is 8.00. The first-order valence-electron chi connectivity index (χ1n) is 6.51. The molecule has 1 aliphatic carbocycles. The molecule has 2 rings (SSSR count). The molecule has 3 nitrogen and oxygen atoms in total. The summed E-state index contributed by atoms with van der Waals surface area (Å²) in [6, 6.07) is 7.34. The number of carbonyl (C=O) groups excluding carboxylic acids is 1. The summed E-state index contributed by atoms with van der Waals surface area (Å²) in [6.45, 7) is 0. The molecule has 0 bridgehead atoms. The Balaban J connectivity index is 1.76. The summed E-state index contributed by atoms with van der Waals surface area (Å²) >= 11 is 7.28. The van der Waals surface area contributed by atoms with Crippen molar-refractivity contribution in [3.63, 3.8) is 0 Å². The van der Waals surface area contributed by atoms with Crippen LogP contribution >= 0.6 is 23.4 Å². The average molecular weight is 300 g/mol. The van der Waals surface area contributed by atoms with Crippen LogP contribution in [0.3, 0.4) is 0 Å². The summed E-state index contributed by atoms with van der Waals surface area (Å²) in [5.41, 5.74) is 0. The van der Waals surface area contributed by atoms with Gasteiger partial charge >= 0.3 is 0 Å². The zero-order valence-corrected chi connectivity index (χ0v) is 12.2. The molecular formula is C14H18ClNO2S. The monoisotopic (exact) mass is 299 g/mol. The van der Waals surface area contributed by atoms with Crippen LogP contribution < -0.4 is 5.32 Å². The number of rotatable bonds is 4. The minimum absolute atomic E-state index is 0.0223. The molecule has 5 heteroatoms. The third kappa shape index (κ3) is 4.71. The number of amides is 1. The van der Waals surface area contributed by atoms with Gasteiger partial charge in [-0.25, -0.2) is 0 Å². The van der Waals surface area contributed by atoms with Crippen LogP contribution in [0.2, 0.25) is 5.02 Å². The molecule has 19 heavy (non-hydrogen) atoms. The molecule has 0 aromatic heterocycles. The number of aliphatic hydroxyl groups is 1. The molecule has 0 spiro atoms. The van der Waals surface area contributed by atoms with Crippen molar-refractivity contribution in [2.24, 2.45) is 0 Å². The SMILES string of the molecule is O=C(CSc1ccc(Cl)cc1)N[C@@H]1CCCC[C@H]1O. The van der Waals surface area contributed by atoms with Crippen LogP contribution in [0.15, 0.2) is 29.2 Å². The fraction of sp³-hybridized carbons (Fsp3) is 0.500. The highest BCUT2D eigenvalue weighted by atomic mass is 35.5. The maximum atomic E-state index is 11.8. The molecule has 1 aromatic carbocycles. The van der Waals surface area contributed by atoms with Gasteiger partial charge in [-0.15, -0.1) is 11.8 Å². The second kappa shape index (κ2) is 7.17. The summed E-state index contributed by atoms with van der Waals surface area (Å²) in [5.74, 6) is 0.344. The van der Waals surface area contributed by atoms with Crippen molar-refractivity contribution >= 4 is 29.3 Å². The van der Waals surface area contributed by atoms with Crippen molar-refractivity contribution < 1.29 is 9.90 Å². The van der Waals surface area contributed by atoms with Gasteiger partial charge in [0.05, 0.1) is 17.9 Å². The van der Waals surface area contributed by atoms with Crippen molar-refractivity contribution in [3.05, 3.63) is 29.3 Å². The fourth-order valence-electron chi connectivity index (χ4n) is 2.21. The van der Waals surface area contributed by atoms with Crippen molar-refractivity contribution in [1.29, 1.82) is 0 Å². The fourth-order valence-corrected chi connectivity index (χ4v) is 3.04. The van der Waals surface area contributed by atoms with Crippen LogP contribution in [-0.2, 0) is 4.79 Å². The Hall–Kier alpha value is -0.710. The van der Waals surface area contributed by atoms with E-state index in [2.05, 4.69) is 5.32 Å². The summed E-state index contributed by atoms with van der Waals surface area (Å²) in [5, 5.41) is 13.4. The van der Waals surface area contributed by atoms with E-state index in [-0.39, 0.29) is 11.9 Å². The van der Waals surface area contributed by atoms with E-state index in [1.807, 2.05) is 24.3 Å². The normalized spacial score (nSPS) is 23.1. The molecular weight excluding hydrogens is 282 g/mol. The quantitative estimate of drug-likeness (QED) is 0.841. The smallest absolute Gasteiger partial charge is 0.230 e. The van der Waals surface area contributed by atoms with Gasteiger partial charge in [0.15, 0.2) is 0 Å². The Kier molecular flexibility index (Phi) is 5.55. The van der Waals surface area contributed by atoms with Gasteiger partial charge in [-0.2, -0.15) is 0 Å². The Morgan fingerprint density at radius 2 is 2.00 bits per heavy atom. The lowest BCUT2D eigenvalue weighted by Crippen LogP contribution is -2.45. The minimum atomic E-state index is -0.391. The van der Waals surface area contributed by atoms with Crippen LogP contribution in [0.4, 0.5) is 0 Å². The molecule has 2 atom stereocenters. The number of halogens is 1. The molecule has 0 unspecified atom stereocenters. The standard InChI is InChI=1S/C14H18ClNO2S/c15-10-5-7-11(8-6-10)19-9-14(18)16-12-3-1-2-4-13(12)17/h5-8,12-13,17H,1-4,9H2,(H,16,18)/t12-,13-/m1/s1. The summed E-state index contributed by atoms with van der Waals surface area (Å²) < 4.78 is 0. The van der Waals surface area contributed by atoms with Crippen LogP contribution in [-0.4, -0.2) is 28.9 Å². The van der Waals surface area contributed by atoms with E-state index in [0.29, 0.717) is 10.8 Å². The van der Waals surface area contributed by atoms with Gasteiger partial charge in [0, 0.05) is 9.92 Å². The van der Waals surface area contributed by atoms with Gasteiger partial charge in [0.2, 0.25) is 5.91 Å². The zero-order chi connectivity index (χ0) is 13.7. The maximum absolute atomic E-state index is 11.8. The second-order valence-electron chi connectivity index (χ2n) is 4.77. The highest BCUT2D eigenvalue weighted by Gasteiger charge is 2.24. The van der Waals surface area contributed by atoms with E-state index in [1.54, 1.807) is 0 Å². The Labute approximate surface area is 122 Å². The molecule has 1 amide bonds. The van der Waals surface area contributed by atoms with Gasteiger partial charge < -0.3 is 10.4 Å². The predicted molar refractivity (Wildman–Crippen MR) is 78.6 cm³/mol. The molecule has 1 fully saturated rings. The van der Waals surface area contributed by atoms with Crippen molar-refractivity contribution in [2.75, 3.05) is 5.75 Å². The van der Waals surface area contributed by atoms with Crippen LogP contribution in [0, 0.1) is 0 Å². The first-order valence-corrected chi connectivity index (χ1v) is 7.87. The van der Waals surface area contributed by atoms with Crippen molar-refractivity contribution in [3.8, 4) is 0 Å². The summed E-state index contributed by atoms with van der Waals surface area (Å²) in [7, 11) is 0. The lowest BCUT2D eigenvalue weighted by atomic mass is 9.93. The first-order chi connectivity index (χ1) is 9.15. The van der Waals surface area contributed by atoms with E-state index in [9.17, 15) is 9.90 Å². The molecule has 2 N–H and O–H groups in total. The molecule has 0 heterocycles. The summed E-state index contributed by atoms with van der Waals surface area (Å²) in [6.07, 6.45) is 3.39. The van der Waals surface area contributed by atoms with Crippen LogP contribution in [0.1, 0.15) is 25.7 Å². The lowest BCUT2D eigenvalue weighted by molar-refractivity contribution is -0.120. The number of thioether (sulfide) groups is 1. The van der Waals surface area contributed by atoms with Gasteiger partial charge in [-0.3, -0.25) is 4.79 Å². The third-order valence-corrected chi connectivity index (χ3v) is 4.52. The molecule has 0 radical (unpaired) electrons. The largest absolute Gasteiger partial charge is 0.391 e. The van der Waals surface area contributed by atoms with Crippen molar-refractivity contribution in [1.82, 2.24) is 5.32 Å². The van der Waals surface area contributed by atoms with E-state index in [4.69, 9.17) is 11.6 Å². The maximum Gasteiger partial charge on any atom is 0.230 e. The predicted octanol–water partition coefficient (Wildman–Crippen LogP) is 2.85. The van der Waals surface area contributed by atoms with Crippen molar-refractivity contribution in [2.45, 2.75) is 42.7 Å². The lowest BCUT2D eigenvalue weighted by Gasteiger charge is -2.28. The molecule has 1 saturated carbocycles. The number of benzene rings is 1. The number of hydrogen-bond acceptors (Lipinski definition) is 3. The van der Waals surface area contributed by atoms with Gasteiger partial charge in [0.25, 0.3) is 0 Å². The Morgan fingerprint density at radius 3 is 2.68 bits per heavy atom. The minimum Gasteiger partial charge on any atom is -0.391 e. The molecule has 0 saturated heterocycles. The van der Waals surface area contributed by atoms with Crippen LogP contribution in [0.5, 0.6) is 0 Å². The van der Waals surface area contributed by atoms with Crippen LogP contribution in [0.25, 0.3) is 0 Å². The number of carbonyl (C=O) groups is 1. The molecule has 104 valence electrons. The van der Waals surface area contributed by atoms with E-state index in [1.165, 1.54) is 11.8 Å². The third-order valence-electron chi connectivity index (χ3n) is 3.26. The second-order valence-corrected chi connectivity index (χ2v) is 6.25. The van der Waals surface area contributed by atoms with Gasteiger partial charge in [0.1, 0.15) is 0 Å². The topological polar surface area (TPSA) is 49.3 Å². The molecule has 0 aliphatic heterocycles. The van der Waals surface area contributed by atoms with Gasteiger partial charge in [-0.1, -0.05) is 24.4 Å². The summed E-state index contributed by atoms with van der Waals surface area (Å²) in [4.78, 5) is 12.8. The Morgan fingerprint density at radius 1 is 1.32 bits per heavy atom. The Bertz CT molecular complexity index is 424. The first kappa shape index (κ1) is 14.7. The number of hydrogen-bond donors (Lipinski definition) is 2. The number of nitrogens with one attached hydrogen (secondary N) is 1. The molecule has 1 aliphatic rings. The van der Waals surface area contributed by atoms with E-state index in [0.717, 1.165) is 30.6 Å².